The zero-order valence-electron chi connectivity index (χ0n) is 11.5. The monoisotopic (exact) mass is 311 g/mol. The zero-order valence-corrected chi connectivity index (χ0v) is 12.3. The first-order valence-corrected chi connectivity index (χ1v) is 9.35. The molecule has 2 saturated carbocycles. The van der Waals surface area contributed by atoms with E-state index >= 15 is 0 Å². The highest BCUT2D eigenvalue weighted by molar-refractivity contribution is 7.58. The van der Waals surface area contributed by atoms with E-state index in [2.05, 4.69) is 0 Å². The predicted molar refractivity (Wildman–Crippen MR) is 73.2 cm³/mol. The summed E-state index contributed by atoms with van der Waals surface area (Å²) in [5.74, 6) is -4.73. The van der Waals surface area contributed by atoms with Crippen LogP contribution in [0.5, 0.6) is 0 Å². The Kier molecular flexibility index (Phi) is 4.05. The van der Waals surface area contributed by atoms with E-state index in [0.29, 0.717) is 12.8 Å². The molecule has 6 heteroatoms. The lowest BCUT2D eigenvalue weighted by Gasteiger charge is -2.37. The van der Waals surface area contributed by atoms with Crippen molar-refractivity contribution in [3.63, 3.8) is 0 Å². The molecule has 3 aliphatic rings. The van der Waals surface area contributed by atoms with Gasteiger partial charge in [0.2, 0.25) is 0 Å². The van der Waals surface area contributed by atoms with Crippen LogP contribution in [0.25, 0.3) is 0 Å². The van der Waals surface area contributed by atoms with Crippen molar-refractivity contribution in [2.24, 2.45) is 17.6 Å². The predicted octanol–water partition coefficient (Wildman–Crippen LogP) is 3.70. The fourth-order valence-corrected chi connectivity index (χ4v) is 7.68. The molecule has 0 spiro atoms. The van der Waals surface area contributed by atoms with Crippen LogP contribution < -0.4 is 5.73 Å². The molecule has 3 fully saturated rings. The smallest absolute Gasteiger partial charge is 0.260 e. The summed E-state index contributed by atoms with van der Waals surface area (Å²) in [6.45, 7) is 0. The molecule has 0 amide bonds. The van der Waals surface area contributed by atoms with Gasteiger partial charge in [-0.25, -0.2) is 17.6 Å². The molecular weight excluding hydrogens is 289 g/mol. The quantitative estimate of drug-likeness (QED) is 0.580. The third-order valence-electron chi connectivity index (χ3n) is 5.44. The molecule has 5 unspecified atom stereocenters. The van der Waals surface area contributed by atoms with E-state index in [0.717, 1.165) is 25.2 Å². The van der Waals surface area contributed by atoms with Crippen molar-refractivity contribution in [3.8, 4) is 0 Å². The van der Waals surface area contributed by atoms with E-state index in [9.17, 15) is 17.6 Å². The van der Waals surface area contributed by atoms with Crippen molar-refractivity contribution in [3.05, 3.63) is 0 Å². The number of fused-ring (bicyclic) bond motifs is 1. The molecular formula is C14H22F4NP. The lowest BCUT2D eigenvalue weighted by atomic mass is 9.78. The lowest BCUT2D eigenvalue weighted by Crippen LogP contribution is -2.45. The molecule has 116 valence electrons. The Hall–Kier alpha value is 0.110. The van der Waals surface area contributed by atoms with Crippen molar-refractivity contribution in [1.29, 1.82) is 0 Å². The highest BCUT2D eigenvalue weighted by Gasteiger charge is 2.64. The van der Waals surface area contributed by atoms with E-state index in [1.807, 2.05) is 0 Å². The van der Waals surface area contributed by atoms with Crippen LogP contribution in [-0.4, -0.2) is 42.3 Å². The number of alkyl halides is 4. The van der Waals surface area contributed by atoms with Crippen LogP contribution in [0.1, 0.15) is 32.1 Å². The first-order valence-electron chi connectivity index (χ1n) is 7.57. The van der Waals surface area contributed by atoms with Crippen LogP contribution >= 0.6 is 7.92 Å². The minimum Gasteiger partial charge on any atom is -0.328 e. The van der Waals surface area contributed by atoms with Gasteiger partial charge in [0.05, 0.1) is 5.92 Å². The standard InChI is InChI=1S/C14H22F4NP/c15-10-2-1-8-7-11(14(17,18)12(8)13(10)16)20-5-3-9(19)4-6-20/h8-13H,1-7,19H2. The molecule has 2 aliphatic carbocycles. The van der Waals surface area contributed by atoms with Gasteiger partial charge in [-0.2, -0.15) is 0 Å². The maximum atomic E-state index is 14.6. The van der Waals surface area contributed by atoms with Crippen LogP contribution in [0.4, 0.5) is 17.6 Å². The number of rotatable bonds is 1. The Morgan fingerprint density at radius 2 is 1.65 bits per heavy atom. The third kappa shape index (κ3) is 2.39. The molecule has 0 bridgehead atoms. The van der Waals surface area contributed by atoms with Gasteiger partial charge in [0.15, 0.2) is 0 Å². The molecule has 5 atom stereocenters. The first-order chi connectivity index (χ1) is 9.41. The Balaban J connectivity index is 1.77. The van der Waals surface area contributed by atoms with Crippen molar-refractivity contribution < 1.29 is 17.6 Å². The van der Waals surface area contributed by atoms with Crippen LogP contribution in [0, 0.1) is 11.8 Å². The number of hydrogen-bond donors (Lipinski definition) is 1. The van der Waals surface area contributed by atoms with E-state index in [-0.39, 0.29) is 18.4 Å². The highest BCUT2D eigenvalue weighted by atomic mass is 31.1. The van der Waals surface area contributed by atoms with E-state index in [4.69, 9.17) is 5.73 Å². The van der Waals surface area contributed by atoms with Gasteiger partial charge in [0, 0.05) is 11.7 Å². The van der Waals surface area contributed by atoms with Crippen molar-refractivity contribution >= 4 is 7.92 Å². The summed E-state index contributed by atoms with van der Waals surface area (Å²) in [6.07, 6.45) is 0.389. The lowest BCUT2D eigenvalue weighted by molar-refractivity contribution is -0.102. The Labute approximate surface area is 118 Å². The average Bonchev–Trinajstić information content (AvgIpc) is 2.67. The van der Waals surface area contributed by atoms with Gasteiger partial charge in [0.1, 0.15) is 12.3 Å². The minimum absolute atomic E-state index is 0.105. The molecule has 1 nitrogen and oxygen atoms in total. The largest absolute Gasteiger partial charge is 0.328 e. The van der Waals surface area contributed by atoms with Crippen LogP contribution in [-0.2, 0) is 0 Å². The summed E-state index contributed by atoms with van der Waals surface area (Å²) in [4.78, 5) is 0. The van der Waals surface area contributed by atoms with Gasteiger partial charge in [-0.3, -0.25) is 0 Å². The molecule has 1 saturated heterocycles. The second kappa shape index (κ2) is 5.39. The third-order valence-corrected chi connectivity index (χ3v) is 8.54. The van der Waals surface area contributed by atoms with Gasteiger partial charge < -0.3 is 5.73 Å². The summed E-state index contributed by atoms with van der Waals surface area (Å²) in [5.41, 5.74) is 5.13. The summed E-state index contributed by atoms with van der Waals surface area (Å²) >= 11 is 0. The molecule has 20 heavy (non-hydrogen) atoms. The normalized spacial score (nSPS) is 51.8. The van der Waals surface area contributed by atoms with Gasteiger partial charge in [0.25, 0.3) is 5.92 Å². The van der Waals surface area contributed by atoms with Crippen molar-refractivity contribution in [2.45, 2.75) is 62.1 Å². The first kappa shape index (κ1) is 15.0. The molecule has 0 aromatic rings. The van der Waals surface area contributed by atoms with E-state index in [1.165, 1.54) is 0 Å². The van der Waals surface area contributed by atoms with Gasteiger partial charge in [-0.05, 0) is 50.3 Å². The van der Waals surface area contributed by atoms with Crippen LogP contribution in [0.3, 0.4) is 0 Å². The van der Waals surface area contributed by atoms with Crippen LogP contribution in [0.2, 0.25) is 0 Å². The van der Waals surface area contributed by atoms with E-state index < -0.39 is 37.8 Å². The van der Waals surface area contributed by atoms with Gasteiger partial charge in [-0.1, -0.05) is 7.92 Å². The fraction of sp³-hybridized carbons (Fsp3) is 1.00. The number of nitrogens with two attached hydrogens (primary N) is 1. The minimum atomic E-state index is -3.03. The maximum Gasteiger partial charge on any atom is 0.260 e. The molecule has 0 aromatic carbocycles. The molecule has 1 heterocycles. The zero-order chi connectivity index (χ0) is 14.5. The molecule has 2 N–H and O–H groups in total. The van der Waals surface area contributed by atoms with Gasteiger partial charge >= 0.3 is 0 Å². The van der Waals surface area contributed by atoms with Crippen molar-refractivity contribution in [1.82, 2.24) is 0 Å². The van der Waals surface area contributed by atoms with Crippen molar-refractivity contribution in [2.75, 3.05) is 12.3 Å². The second-order valence-electron chi connectivity index (χ2n) is 6.62. The number of hydrogen-bond acceptors (Lipinski definition) is 1. The summed E-state index contributed by atoms with van der Waals surface area (Å²) in [7, 11) is -0.777. The second-order valence-corrected chi connectivity index (χ2v) is 9.32. The highest BCUT2D eigenvalue weighted by Crippen LogP contribution is 2.63. The summed E-state index contributed by atoms with van der Waals surface area (Å²) in [6, 6.07) is 0.134. The number of halogens is 4. The molecule has 3 rings (SSSR count). The Morgan fingerprint density at radius 1 is 1.00 bits per heavy atom. The maximum absolute atomic E-state index is 14.6. The Bertz CT molecular complexity index is 359. The van der Waals surface area contributed by atoms with E-state index in [1.54, 1.807) is 0 Å². The average molecular weight is 311 g/mol. The fourth-order valence-electron chi connectivity index (χ4n) is 4.28. The SMILES string of the molecule is NC1CCP(C2CC3CCC(F)C(F)C3C2(F)F)CC1. The molecule has 0 radical (unpaired) electrons. The van der Waals surface area contributed by atoms with Crippen LogP contribution in [0.15, 0.2) is 0 Å². The molecule has 0 aromatic heterocycles. The summed E-state index contributed by atoms with van der Waals surface area (Å²) in [5, 5.41) is 0. The summed E-state index contributed by atoms with van der Waals surface area (Å²) < 4.78 is 56.7. The Morgan fingerprint density at radius 3 is 2.30 bits per heavy atom. The molecule has 1 aliphatic heterocycles. The topological polar surface area (TPSA) is 26.0 Å². The van der Waals surface area contributed by atoms with Gasteiger partial charge in [-0.15, -0.1) is 0 Å².